The molecule has 1 heterocycles. The van der Waals surface area contributed by atoms with Gasteiger partial charge in [0.1, 0.15) is 5.78 Å². The summed E-state index contributed by atoms with van der Waals surface area (Å²) in [5.41, 5.74) is 8.15. The van der Waals surface area contributed by atoms with Crippen LogP contribution in [0.3, 0.4) is 0 Å². The molecule has 0 spiro atoms. The van der Waals surface area contributed by atoms with Crippen molar-refractivity contribution in [3.8, 4) is 43.1 Å². The molecule has 0 amide bonds. The highest BCUT2D eigenvalue weighted by Crippen LogP contribution is 2.45. The van der Waals surface area contributed by atoms with Crippen LogP contribution in [0, 0.1) is 0 Å². The third-order valence-electron chi connectivity index (χ3n) is 5.76. The number of nitrogens with one attached hydrogen (secondary N) is 1. The van der Waals surface area contributed by atoms with Crippen molar-refractivity contribution in [3.05, 3.63) is 115 Å². The summed E-state index contributed by atoms with van der Waals surface area (Å²) in [4.78, 5) is 13.9. The van der Waals surface area contributed by atoms with Gasteiger partial charge < -0.3 is 5.32 Å². The number of benzene rings is 4. The van der Waals surface area contributed by atoms with E-state index in [0.717, 1.165) is 11.3 Å². The Labute approximate surface area is 204 Å². The Kier molecular flexibility index (Phi) is 6.37. The van der Waals surface area contributed by atoms with Crippen molar-refractivity contribution in [2.45, 2.75) is 6.92 Å². The van der Waals surface area contributed by atoms with Crippen LogP contribution in [0.15, 0.2) is 115 Å². The second kappa shape index (κ2) is 9.90. The summed E-state index contributed by atoms with van der Waals surface area (Å²) in [7, 11) is 0. The minimum atomic E-state index is 0.117. The van der Waals surface area contributed by atoms with Gasteiger partial charge in [-0.25, -0.2) is 0 Å². The Morgan fingerprint density at radius 1 is 0.647 bits per heavy atom. The normalized spacial score (nSPS) is 10.7. The molecule has 0 unspecified atom stereocenters. The first kappa shape index (κ1) is 21.9. The fourth-order valence-corrected chi connectivity index (χ4v) is 5.36. The summed E-state index contributed by atoms with van der Waals surface area (Å²) in [6.45, 7) is 1.93. The van der Waals surface area contributed by atoms with Crippen molar-refractivity contribution in [2.24, 2.45) is 0 Å². The van der Waals surface area contributed by atoms with Gasteiger partial charge in [0.15, 0.2) is 0 Å². The molecule has 5 rings (SSSR count). The van der Waals surface area contributed by atoms with Crippen LogP contribution < -0.4 is 5.32 Å². The van der Waals surface area contributed by atoms with E-state index in [2.05, 4.69) is 108 Å². The second-order valence-electron chi connectivity index (χ2n) is 8.27. The molecular weight excluding hydrogens is 434 g/mol. The molecule has 0 fully saturated rings. The lowest BCUT2D eigenvalue weighted by Gasteiger charge is -2.11. The van der Waals surface area contributed by atoms with E-state index in [0.29, 0.717) is 6.54 Å². The number of Topliss-reactive ketones (excluding diaryl/α,β-unsaturated/α-hetero) is 1. The van der Waals surface area contributed by atoms with Crippen molar-refractivity contribution in [3.63, 3.8) is 0 Å². The highest BCUT2D eigenvalue weighted by molar-refractivity contribution is 7.19. The van der Waals surface area contributed by atoms with Gasteiger partial charge in [-0.05, 0) is 52.9 Å². The second-order valence-corrected chi connectivity index (χ2v) is 9.32. The zero-order valence-electron chi connectivity index (χ0n) is 19.0. The first-order chi connectivity index (χ1) is 16.7. The molecule has 1 aromatic heterocycles. The zero-order valence-corrected chi connectivity index (χ0v) is 19.8. The maximum Gasteiger partial charge on any atom is 0.148 e. The Balaban J connectivity index is 1.62. The van der Waals surface area contributed by atoms with Crippen molar-refractivity contribution < 1.29 is 4.79 Å². The predicted octanol–water partition coefficient (Wildman–Crippen LogP) is 8.42. The van der Waals surface area contributed by atoms with E-state index in [1.54, 1.807) is 6.92 Å². The molecule has 2 nitrogen and oxygen atoms in total. The van der Waals surface area contributed by atoms with Gasteiger partial charge in [0, 0.05) is 21.0 Å². The molecule has 0 saturated carbocycles. The van der Waals surface area contributed by atoms with Crippen LogP contribution in [-0.4, -0.2) is 12.3 Å². The summed E-state index contributed by atoms with van der Waals surface area (Å²) in [5, 5.41) is 3.22. The van der Waals surface area contributed by atoms with Crippen LogP contribution in [0.25, 0.3) is 43.1 Å². The van der Waals surface area contributed by atoms with Gasteiger partial charge in [0.05, 0.1) is 6.54 Å². The lowest BCUT2D eigenvalue weighted by Crippen LogP contribution is -2.09. The largest absolute Gasteiger partial charge is 0.378 e. The molecule has 0 radical (unpaired) electrons. The van der Waals surface area contributed by atoms with E-state index in [-0.39, 0.29) is 5.78 Å². The van der Waals surface area contributed by atoms with Gasteiger partial charge in [0.2, 0.25) is 0 Å². The molecule has 3 heteroatoms. The summed E-state index contributed by atoms with van der Waals surface area (Å²) < 4.78 is 0. The monoisotopic (exact) mass is 459 g/mol. The Morgan fingerprint density at radius 3 is 1.97 bits per heavy atom. The summed E-state index contributed by atoms with van der Waals surface area (Å²) in [6, 6.07) is 40.3. The van der Waals surface area contributed by atoms with Gasteiger partial charge in [-0.3, -0.25) is 4.79 Å². The smallest absolute Gasteiger partial charge is 0.148 e. The number of rotatable bonds is 7. The average molecular weight is 460 g/mol. The van der Waals surface area contributed by atoms with Gasteiger partial charge >= 0.3 is 0 Å². The summed E-state index contributed by atoms with van der Waals surface area (Å²) >= 11 is 1.83. The molecule has 0 saturated heterocycles. The Morgan fingerprint density at radius 2 is 1.26 bits per heavy atom. The standard InChI is InChI=1S/C31H25NOS/c1-22(33)21-32-26-16-10-15-25(19-26)27-17-8-9-18-28(27)30-20-29(23-11-4-2-5-12-23)31(34-30)24-13-6-3-7-14-24/h2-20,32H,21H2,1H3. The van der Waals surface area contributed by atoms with Gasteiger partial charge in [0.25, 0.3) is 0 Å². The molecular formula is C31H25NOS. The molecule has 1 N–H and O–H groups in total. The van der Waals surface area contributed by atoms with E-state index >= 15 is 0 Å². The molecule has 0 aliphatic heterocycles. The SMILES string of the molecule is CC(=O)CNc1cccc(-c2ccccc2-c2cc(-c3ccccc3)c(-c3ccccc3)s2)c1. The lowest BCUT2D eigenvalue weighted by atomic mass is 9.96. The predicted molar refractivity (Wildman–Crippen MR) is 145 cm³/mol. The minimum Gasteiger partial charge on any atom is -0.378 e. The topological polar surface area (TPSA) is 29.1 Å². The third kappa shape index (κ3) is 4.70. The first-order valence-corrected chi connectivity index (χ1v) is 12.2. The molecule has 0 atom stereocenters. The number of carbonyl (C=O) groups excluding carboxylic acids is 1. The molecule has 0 aliphatic rings. The van der Waals surface area contributed by atoms with Crippen molar-refractivity contribution in [1.82, 2.24) is 0 Å². The van der Waals surface area contributed by atoms with Crippen molar-refractivity contribution in [2.75, 3.05) is 11.9 Å². The minimum absolute atomic E-state index is 0.117. The van der Waals surface area contributed by atoms with E-state index in [1.807, 2.05) is 23.5 Å². The molecule has 166 valence electrons. The van der Waals surface area contributed by atoms with Crippen LogP contribution in [0.2, 0.25) is 0 Å². The van der Waals surface area contributed by atoms with Crippen molar-refractivity contribution >= 4 is 22.8 Å². The quantitative estimate of drug-likeness (QED) is 0.265. The van der Waals surface area contributed by atoms with Crippen LogP contribution in [0.5, 0.6) is 0 Å². The van der Waals surface area contributed by atoms with Crippen LogP contribution in [-0.2, 0) is 4.79 Å². The fraction of sp³-hybridized carbons (Fsp3) is 0.0645. The average Bonchev–Trinajstić information content (AvgIpc) is 3.34. The fourth-order valence-electron chi connectivity index (χ4n) is 4.13. The number of hydrogen-bond acceptors (Lipinski definition) is 3. The van der Waals surface area contributed by atoms with Crippen LogP contribution >= 0.6 is 11.3 Å². The maximum absolute atomic E-state index is 11.4. The zero-order chi connectivity index (χ0) is 23.3. The highest BCUT2D eigenvalue weighted by atomic mass is 32.1. The summed E-state index contributed by atoms with van der Waals surface area (Å²) in [5.74, 6) is 0.117. The molecule has 4 aromatic carbocycles. The number of anilines is 1. The van der Waals surface area contributed by atoms with Gasteiger partial charge in [-0.15, -0.1) is 11.3 Å². The number of ketones is 1. The van der Waals surface area contributed by atoms with Crippen LogP contribution in [0.4, 0.5) is 5.69 Å². The van der Waals surface area contributed by atoms with Crippen molar-refractivity contribution in [1.29, 1.82) is 0 Å². The number of thiophene rings is 1. The number of hydrogen-bond donors (Lipinski definition) is 1. The number of carbonyl (C=O) groups is 1. The van der Waals surface area contributed by atoms with E-state index in [1.165, 1.54) is 37.6 Å². The molecule has 0 bridgehead atoms. The van der Waals surface area contributed by atoms with Gasteiger partial charge in [-0.1, -0.05) is 97.1 Å². The molecule has 34 heavy (non-hydrogen) atoms. The van der Waals surface area contributed by atoms with E-state index in [4.69, 9.17) is 0 Å². The summed E-state index contributed by atoms with van der Waals surface area (Å²) in [6.07, 6.45) is 0. The Hall–Kier alpha value is -3.95. The lowest BCUT2D eigenvalue weighted by molar-refractivity contribution is -0.115. The van der Waals surface area contributed by atoms with Gasteiger partial charge in [-0.2, -0.15) is 0 Å². The molecule has 0 aliphatic carbocycles. The highest BCUT2D eigenvalue weighted by Gasteiger charge is 2.16. The Bertz CT molecular complexity index is 1360. The first-order valence-electron chi connectivity index (χ1n) is 11.4. The van der Waals surface area contributed by atoms with E-state index in [9.17, 15) is 4.79 Å². The maximum atomic E-state index is 11.4. The van der Waals surface area contributed by atoms with E-state index < -0.39 is 0 Å². The third-order valence-corrected chi connectivity index (χ3v) is 6.98. The molecule has 5 aromatic rings. The van der Waals surface area contributed by atoms with Crippen LogP contribution in [0.1, 0.15) is 6.92 Å².